The topological polar surface area (TPSA) is 38.8 Å². The average molecular weight is 494 g/mol. The fourth-order valence-corrected chi connectivity index (χ4v) is 6.35. The lowest BCUT2D eigenvalue weighted by molar-refractivity contribution is 0.0600. The van der Waals surface area contributed by atoms with Crippen LogP contribution >= 0.6 is 11.6 Å². The predicted octanol–water partition coefficient (Wildman–Crippen LogP) is 6.98. The van der Waals surface area contributed by atoms with E-state index in [0.717, 1.165) is 55.2 Å². The van der Waals surface area contributed by atoms with Gasteiger partial charge in [-0.1, -0.05) is 43.2 Å². The van der Waals surface area contributed by atoms with Crippen molar-refractivity contribution in [1.82, 2.24) is 0 Å². The molecule has 3 atom stereocenters. The zero-order valence-electron chi connectivity index (χ0n) is 20.9. The van der Waals surface area contributed by atoms with Crippen LogP contribution in [0.15, 0.2) is 48.6 Å². The van der Waals surface area contributed by atoms with Crippen molar-refractivity contribution in [3.8, 4) is 5.75 Å². The van der Waals surface area contributed by atoms with Crippen molar-refractivity contribution >= 4 is 23.3 Å². The Kier molecular flexibility index (Phi) is 7.11. The van der Waals surface area contributed by atoms with Crippen molar-refractivity contribution in [2.24, 2.45) is 11.8 Å². The first-order valence-electron chi connectivity index (χ1n) is 13.1. The van der Waals surface area contributed by atoms with Crippen LogP contribution in [-0.4, -0.2) is 32.8 Å². The van der Waals surface area contributed by atoms with Gasteiger partial charge in [-0.3, -0.25) is 0 Å². The van der Waals surface area contributed by atoms with Gasteiger partial charge in [0.2, 0.25) is 0 Å². The number of unbranched alkanes of at least 4 members (excludes halogenated alkanes) is 1. The fourth-order valence-electron chi connectivity index (χ4n) is 6.15. The molecule has 1 saturated carbocycles. The monoisotopic (exact) mass is 493 g/mol. The van der Waals surface area contributed by atoms with Crippen molar-refractivity contribution in [3.63, 3.8) is 0 Å². The van der Waals surface area contributed by atoms with Crippen LogP contribution in [0.4, 0.5) is 5.69 Å². The Morgan fingerprint density at radius 2 is 2.14 bits per heavy atom. The number of allylic oxidation sites excluding steroid dienone is 2. The molecular weight excluding hydrogens is 458 g/mol. The molecule has 2 aromatic carbocycles. The molecule has 0 N–H and O–H groups in total. The second kappa shape index (κ2) is 10.3. The Morgan fingerprint density at radius 1 is 1.26 bits per heavy atom. The first kappa shape index (κ1) is 24.2. The number of carbonyl (C=O) groups is 1. The summed E-state index contributed by atoms with van der Waals surface area (Å²) in [5, 5.41) is 0.800. The van der Waals surface area contributed by atoms with Crippen LogP contribution in [0.5, 0.6) is 5.75 Å². The van der Waals surface area contributed by atoms with E-state index in [2.05, 4.69) is 36.1 Å². The Hall–Kier alpha value is -2.46. The number of methoxy groups -OCH3 is 1. The summed E-state index contributed by atoms with van der Waals surface area (Å²) in [4.78, 5) is 14.9. The van der Waals surface area contributed by atoms with E-state index in [-0.39, 0.29) is 11.4 Å². The van der Waals surface area contributed by atoms with E-state index in [4.69, 9.17) is 21.1 Å². The third-order valence-corrected chi connectivity index (χ3v) is 8.46. The quantitative estimate of drug-likeness (QED) is 0.321. The molecule has 1 aliphatic heterocycles. The van der Waals surface area contributed by atoms with E-state index in [1.165, 1.54) is 37.5 Å². The molecule has 2 aromatic rings. The Balaban J connectivity index is 1.51. The van der Waals surface area contributed by atoms with Crippen molar-refractivity contribution in [1.29, 1.82) is 0 Å². The molecule has 186 valence electrons. The number of nitrogens with zero attached hydrogens (tertiary/aromatic N) is 1. The second-order valence-corrected chi connectivity index (χ2v) is 10.9. The van der Waals surface area contributed by atoms with Crippen LogP contribution in [-0.2, 0) is 16.6 Å². The summed E-state index contributed by atoms with van der Waals surface area (Å²) in [7, 11) is 1.43. The van der Waals surface area contributed by atoms with Crippen molar-refractivity contribution < 1.29 is 14.3 Å². The molecule has 3 aliphatic rings. The molecule has 1 fully saturated rings. The zero-order chi connectivity index (χ0) is 24.4. The normalized spacial score (nSPS) is 25.4. The molecule has 0 saturated heterocycles. The van der Waals surface area contributed by atoms with Gasteiger partial charge in [0.15, 0.2) is 0 Å². The van der Waals surface area contributed by atoms with Crippen LogP contribution in [0.2, 0.25) is 5.02 Å². The number of hydrogen-bond donors (Lipinski definition) is 0. The number of esters is 1. The van der Waals surface area contributed by atoms with Crippen LogP contribution in [0.1, 0.15) is 66.9 Å². The Labute approximate surface area is 214 Å². The first-order valence-corrected chi connectivity index (χ1v) is 13.5. The van der Waals surface area contributed by atoms with Gasteiger partial charge in [0.05, 0.1) is 25.0 Å². The largest absolute Gasteiger partial charge is 0.490 e. The number of carbonyl (C=O) groups excluding carboxylic acids is 1. The molecule has 0 amide bonds. The summed E-state index contributed by atoms with van der Waals surface area (Å²) in [5.41, 5.74) is 4.19. The van der Waals surface area contributed by atoms with Gasteiger partial charge in [0, 0.05) is 23.5 Å². The highest BCUT2D eigenvalue weighted by Gasteiger charge is 2.43. The molecule has 5 heteroatoms. The molecule has 1 heterocycles. The SMILES string of the molecule is CCC/C=C/[C@H]1CC[C@@H]1CN1C[C@@]2(CCCc3cc(Cl)ccc32)COc2ccc(C(=O)OC)cc21. The number of benzene rings is 2. The summed E-state index contributed by atoms with van der Waals surface area (Å²) in [6.07, 6.45) is 12.9. The summed E-state index contributed by atoms with van der Waals surface area (Å²) < 4.78 is 11.6. The summed E-state index contributed by atoms with van der Waals surface area (Å²) in [5.74, 6) is 1.79. The highest BCUT2D eigenvalue weighted by atomic mass is 35.5. The molecule has 1 spiro atoms. The third-order valence-electron chi connectivity index (χ3n) is 8.23. The van der Waals surface area contributed by atoms with Crippen LogP contribution in [0, 0.1) is 11.8 Å². The third kappa shape index (κ3) is 4.82. The van der Waals surface area contributed by atoms with Crippen molar-refractivity contribution in [3.05, 3.63) is 70.3 Å². The zero-order valence-corrected chi connectivity index (χ0v) is 21.7. The van der Waals surface area contributed by atoms with E-state index in [0.29, 0.717) is 24.0 Å². The molecule has 4 nitrogen and oxygen atoms in total. The van der Waals surface area contributed by atoms with Gasteiger partial charge >= 0.3 is 5.97 Å². The summed E-state index contributed by atoms with van der Waals surface area (Å²) >= 11 is 6.37. The van der Waals surface area contributed by atoms with E-state index in [9.17, 15) is 4.79 Å². The van der Waals surface area contributed by atoms with Crippen LogP contribution in [0.3, 0.4) is 0 Å². The number of ether oxygens (including phenoxy) is 2. The Bertz CT molecular complexity index is 1110. The highest BCUT2D eigenvalue weighted by Crippen LogP contribution is 2.46. The lowest BCUT2D eigenvalue weighted by Crippen LogP contribution is -2.48. The number of aryl methyl sites for hydroxylation is 1. The van der Waals surface area contributed by atoms with Crippen molar-refractivity contribution in [2.45, 2.75) is 57.3 Å². The number of hydrogen-bond acceptors (Lipinski definition) is 4. The maximum absolute atomic E-state index is 12.4. The van der Waals surface area contributed by atoms with Crippen LogP contribution < -0.4 is 9.64 Å². The highest BCUT2D eigenvalue weighted by molar-refractivity contribution is 6.30. The minimum Gasteiger partial charge on any atom is -0.490 e. The van der Waals surface area contributed by atoms with Gasteiger partial charge in [0.1, 0.15) is 5.75 Å². The van der Waals surface area contributed by atoms with E-state index in [1.807, 2.05) is 24.3 Å². The molecule has 2 aliphatic carbocycles. The Morgan fingerprint density at radius 3 is 2.91 bits per heavy atom. The molecule has 0 aromatic heterocycles. The lowest BCUT2D eigenvalue weighted by atomic mass is 9.69. The molecule has 5 rings (SSSR count). The van der Waals surface area contributed by atoms with Gasteiger partial charge in [-0.25, -0.2) is 4.79 Å². The smallest absolute Gasteiger partial charge is 0.337 e. The fraction of sp³-hybridized carbons (Fsp3) is 0.500. The predicted molar refractivity (Wildman–Crippen MR) is 142 cm³/mol. The van der Waals surface area contributed by atoms with Crippen molar-refractivity contribution in [2.75, 3.05) is 31.7 Å². The molecule has 0 radical (unpaired) electrons. The van der Waals surface area contributed by atoms with Crippen LogP contribution in [0.25, 0.3) is 0 Å². The maximum atomic E-state index is 12.4. The maximum Gasteiger partial charge on any atom is 0.337 e. The molecular formula is C30H36ClNO3. The lowest BCUT2D eigenvalue weighted by Gasteiger charge is -2.44. The molecule has 0 bridgehead atoms. The van der Waals surface area contributed by atoms with E-state index < -0.39 is 0 Å². The van der Waals surface area contributed by atoms with Gasteiger partial charge in [-0.05, 0) is 91.8 Å². The van der Waals surface area contributed by atoms with E-state index in [1.54, 1.807) is 0 Å². The molecule has 35 heavy (non-hydrogen) atoms. The van der Waals surface area contributed by atoms with Gasteiger partial charge in [-0.15, -0.1) is 0 Å². The van der Waals surface area contributed by atoms with Gasteiger partial charge in [-0.2, -0.15) is 0 Å². The standard InChI is InChI=1S/C30H36ClNO3/c1-3-4-5-7-21-9-10-24(21)18-32-19-30(15-6-8-22-16-25(31)12-13-26(22)30)20-35-28-14-11-23(17-27(28)32)29(33)34-2/h5,7,11-14,16-17,21,24H,3-4,6,8-10,15,18-20H2,1-2H3/b7-5+/t21-,24+,30-/m0/s1. The average Bonchev–Trinajstić information content (AvgIpc) is 3.01. The number of halogens is 1. The molecule has 0 unspecified atom stereocenters. The number of fused-ring (bicyclic) bond motifs is 3. The van der Waals surface area contributed by atoms with E-state index >= 15 is 0 Å². The summed E-state index contributed by atoms with van der Waals surface area (Å²) in [6, 6.07) is 12.1. The minimum absolute atomic E-state index is 0.0973. The van der Waals surface area contributed by atoms with Gasteiger partial charge in [0.25, 0.3) is 0 Å². The minimum atomic E-state index is -0.312. The summed E-state index contributed by atoms with van der Waals surface area (Å²) in [6.45, 7) is 4.70. The first-order chi connectivity index (χ1) is 17.0. The second-order valence-electron chi connectivity index (χ2n) is 10.5. The number of rotatable bonds is 6. The van der Waals surface area contributed by atoms with Gasteiger partial charge < -0.3 is 14.4 Å². The number of anilines is 1.